The van der Waals surface area contributed by atoms with E-state index in [4.69, 9.17) is 4.74 Å². The van der Waals surface area contributed by atoms with Crippen molar-refractivity contribution in [3.05, 3.63) is 72.8 Å². The minimum absolute atomic E-state index is 0.880. The second kappa shape index (κ2) is 6.06. The van der Waals surface area contributed by atoms with Crippen molar-refractivity contribution in [2.24, 2.45) is 0 Å². The number of hydrogen-bond acceptors (Lipinski definition) is 2. The lowest BCUT2D eigenvalue weighted by molar-refractivity contribution is 0.418. The Morgan fingerprint density at radius 3 is 1.52 bits per heavy atom. The Morgan fingerprint density at radius 2 is 1.14 bits per heavy atom. The Balaban J connectivity index is 2.25. The molecular weight excluding hydrogens is 276 g/mol. The van der Waals surface area contributed by atoms with Crippen LogP contribution in [0.5, 0.6) is 5.75 Å². The summed E-state index contributed by atoms with van der Waals surface area (Å²) < 4.78 is 5.71. The van der Waals surface area contributed by atoms with E-state index in [0.29, 0.717) is 0 Å². The van der Waals surface area contributed by atoms with Crippen molar-refractivity contribution < 1.29 is 4.74 Å². The third-order valence-electron chi connectivity index (χ3n) is 3.45. The first kappa shape index (κ1) is 13.8. The van der Waals surface area contributed by atoms with Crippen LogP contribution >= 0.6 is 12.6 Å². The van der Waals surface area contributed by atoms with Crippen molar-refractivity contribution >= 4 is 12.6 Å². The number of ether oxygens (including phenoxy) is 1. The van der Waals surface area contributed by atoms with Gasteiger partial charge in [0.15, 0.2) is 0 Å². The van der Waals surface area contributed by atoms with E-state index in [1.165, 1.54) is 0 Å². The first-order chi connectivity index (χ1) is 10.3. The van der Waals surface area contributed by atoms with E-state index in [-0.39, 0.29) is 0 Å². The Bertz CT molecular complexity index is 676. The number of thiol groups is 1. The molecule has 21 heavy (non-hydrogen) atoms. The van der Waals surface area contributed by atoms with Crippen LogP contribution < -0.4 is 4.74 Å². The predicted molar refractivity (Wildman–Crippen MR) is 91.1 cm³/mol. The fourth-order valence-corrected chi connectivity index (χ4v) is 2.76. The van der Waals surface area contributed by atoms with Crippen LogP contribution in [0, 0.1) is 0 Å². The van der Waals surface area contributed by atoms with Gasteiger partial charge in [0.25, 0.3) is 0 Å². The van der Waals surface area contributed by atoms with Crippen molar-refractivity contribution in [3.8, 4) is 28.0 Å². The molecule has 0 aromatic heterocycles. The van der Waals surface area contributed by atoms with Gasteiger partial charge in [0.1, 0.15) is 5.75 Å². The van der Waals surface area contributed by atoms with Gasteiger partial charge in [-0.1, -0.05) is 60.7 Å². The number of benzene rings is 3. The van der Waals surface area contributed by atoms with E-state index in [9.17, 15) is 0 Å². The molecule has 0 saturated heterocycles. The summed E-state index contributed by atoms with van der Waals surface area (Å²) in [6.07, 6.45) is 0. The highest BCUT2D eigenvalue weighted by atomic mass is 32.1. The highest BCUT2D eigenvalue weighted by molar-refractivity contribution is 7.80. The highest BCUT2D eigenvalue weighted by Gasteiger charge is 2.13. The lowest BCUT2D eigenvalue weighted by atomic mass is 9.97. The Hall–Kier alpha value is -2.19. The van der Waals surface area contributed by atoms with E-state index in [1.54, 1.807) is 7.11 Å². The van der Waals surface area contributed by atoms with Crippen LogP contribution in [0.1, 0.15) is 0 Å². The minimum Gasteiger partial charge on any atom is -0.495 e. The summed E-state index contributed by atoms with van der Waals surface area (Å²) >= 11 is 4.55. The molecule has 0 aliphatic rings. The summed E-state index contributed by atoms with van der Waals surface area (Å²) in [5.74, 6) is 0.880. The SMILES string of the molecule is COc1c(-c2ccccc2)cc(S)cc1-c1ccccc1. The van der Waals surface area contributed by atoms with E-state index >= 15 is 0 Å². The molecule has 0 amide bonds. The first-order valence-electron chi connectivity index (χ1n) is 6.81. The van der Waals surface area contributed by atoms with Gasteiger partial charge >= 0.3 is 0 Å². The summed E-state index contributed by atoms with van der Waals surface area (Å²) in [4.78, 5) is 0.925. The maximum absolute atomic E-state index is 5.71. The Kier molecular flexibility index (Phi) is 3.98. The molecule has 3 rings (SSSR count). The van der Waals surface area contributed by atoms with Gasteiger partial charge in [0.2, 0.25) is 0 Å². The van der Waals surface area contributed by atoms with Crippen molar-refractivity contribution in [1.82, 2.24) is 0 Å². The van der Waals surface area contributed by atoms with Crippen LogP contribution in [-0.2, 0) is 0 Å². The standard InChI is InChI=1S/C19H16OS/c1-20-19-17(14-8-4-2-5-9-14)12-16(21)13-18(19)15-10-6-3-7-11-15/h2-13,21H,1H3. The van der Waals surface area contributed by atoms with Gasteiger partial charge in [-0.05, 0) is 23.3 Å². The van der Waals surface area contributed by atoms with Crippen molar-refractivity contribution in [2.75, 3.05) is 7.11 Å². The van der Waals surface area contributed by atoms with Gasteiger partial charge in [-0.2, -0.15) is 0 Å². The van der Waals surface area contributed by atoms with E-state index in [2.05, 4.69) is 36.9 Å². The monoisotopic (exact) mass is 292 g/mol. The van der Waals surface area contributed by atoms with Gasteiger partial charge in [-0.25, -0.2) is 0 Å². The minimum atomic E-state index is 0.880. The van der Waals surface area contributed by atoms with Crippen LogP contribution in [0.2, 0.25) is 0 Å². The molecule has 0 aliphatic heterocycles. The molecule has 0 N–H and O–H groups in total. The van der Waals surface area contributed by atoms with Crippen LogP contribution in [-0.4, -0.2) is 7.11 Å². The topological polar surface area (TPSA) is 9.23 Å². The van der Waals surface area contributed by atoms with Crippen LogP contribution in [0.25, 0.3) is 22.3 Å². The fraction of sp³-hybridized carbons (Fsp3) is 0.0526. The molecule has 1 nitrogen and oxygen atoms in total. The summed E-state index contributed by atoms with van der Waals surface area (Å²) in [7, 11) is 1.71. The predicted octanol–water partition coefficient (Wildman–Crippen LogP) is 5.32. The Labute approximate surface area is 130 Å². The van der Waals surface area contributed by atoms with Crippen molar-refractivity contribution in [1.29, 1.82) is 0 Å². The molecule has 0 aliphatic carbocycles. The van der Waals surface area contributed by atoms with Crippen LogP contribution in [0.4, 0.5) is 0 Å². The van der Waals surface area contributed by atoms with E-state index in [1.807, 2.05) is 48.5 Å². The molecule has 0 radical (unpaired) electrons. The Morgan fingerprint density at radius 1 is 0.714 bits per heavy atom. The van der Waals surface area contributed by atoms with Gasteiger partial charge in [-0.3, -0.25) is 0 Å². The lowest BCUT2D eigenvalue weighted by Crippen LogP contribution is -1.92. The molecule has 104 valence electrons. The molecular formula is C19H16OS. The molecule has 2 heteroatoms. The average Bonchev–Trinajstić information content (AvgIpc) is 2.55. The quantitative estimate of drug-likeness (QED) is 0.643. The molecule has 3 aromatic rings. The zero-order chi connectivity index (χ0) is 14.7. The number of rotatable bonds is 3. The van der Waals surface area contributed by atoms with Gasteiger partial charge in [0.05, 0.1) is 7.11 Å². The molecule has 3 aromatic carbocycles. The molecule has 0 spiro atoms. The largest absolute Gasteiger partial charge is 0.495 e. The smallest absolute Gasteiger partial charge is 0.134 e. The van der Waals surface area contributed by atoms with Crippen molar-refractivity contribution in [3.63, 3.8) is 0 Å². The third kappa shape index (κ3) is 2.81. The van der Waals surface area contributed by atoms with Gasteiger partial charge in [0, 0.05) is 16.0 Å². The zero-order valence-electron chi connectivity index (χ0n) is 11.8. The van der Waals surface area contributed by atoms with Gasteiger partial charge in [-0.15, -0.1) is 12.6 Å². The normalized spacial score (nSPS) is 10.4. The first-order valence-corrected chi connectivity index (χ1v) is 7.26. The van der Waals surface area contributed by atoms with E-state index in [0.717, 1.165) is 32.9 Å². The summed E-state index contributed by atoms with van der Waals surface area (Å²) in [5.41, 5.74) is 4.37. The molecule has 0 bridgehead atoms. The maximum atomic E-state index is 5.71. The third-order valence-corrected chi connectivity index (χ3v) is 3.71. The zero-order valence-corrected chi connectivity index (χ0v) is 12.7. The van der Waals surface area contributed by atoms with Crippen LogP contribution in [0.3, 0.4) is 0 Å². The van der Waals surface area contributed by atoms with Crippen molar-refractivity contribution in [2.45, 2.75) is 4.90 Å². The summed E-state index contributed by atoms with van der Waals surface area (Å²) in [6, 6.07) is 24.6. The molecule has 0 atom stereocenters. The second-order valence-corrected chi connectivity index (χ2v) is 5.32. The molecule has 0 unspecified atom stereocenters. The highest BCUT2D eigenvalue weighted by Crippen LogP contribution is 2.40. The average molecular weight is 292 g/mol. The molecule has 0 saturated carbocycles. The second-order valence-electron chi connectivity index (χ2n) is 4.81. The van der Waals surface area contributed by atoms with Crippen LogP contribution in [0.15, 0.2) is 77.7 Å². The van der Waals surface area contributed by atoms with E-state index < -0.39 is 0 Å². The maximum Gasteiger partial charge on any atom is 0.134 e. The number of hydrogen-bond donors (Lipinski definition) is 1. The lowest BCUT2D eigenvalue weighted by Gasteiger charge is -2.15. The fourth-order valence-electron chi connectivity index (χ4n) is 2.50. The molecule has 0 heterocycles. The van der Waals surface area contributed by atoms with Gasteiger partial charge < -0.3 is 4.74 Å². The molecule has 0 fully saturated rings. The number of methoxy groups -OCH3 is 1. The summed E-state index contributed by atoms with van der Waals surface area (Å²) in [5, 5.41) is 0. The summed E-state index contributed by atoms with van der Waals surface area (Å²) in [6.45, 7) is 0.